The molecule has 5 nitrogen and oxygen atoms in total. The second-order valence-corrected chi connectivity index (χ2v) is 8.30. The smallest absolute Gasteiger partial charge is 0.238 e. The van der Waals surface area contributed by atoms with Gasteiger partial charge in [-0.1, -0.05) is 77.8 Å². The van der Waals surface area contributed by atoms with Gasteiger partial charge in [-0.3, -0.25) is 14.5 Å². The van der Waals surface area contributed by atoms with E-state index in [9.17, 15) is 9.59 Å². The van der Waals surface area contributed by atoms with Crippen molar-refractivity contribution in [2.45, 2.75) is 6.04 Å². The van der Waals surface area contributed by atoms with Crippen LogP contribution in [0.5, 0.6) is 0 Å². The van der Waals surface area contributed by atoms with E-state index in [0.717, 1.165) is 16.5 Å². The zero-order valence-corrected chi connectivity index (χ0v) is 18.8. The zero-order valence-electron chi connectivity index (χ0n) is 17.3. The summed E-state index contributed by atoms with van der Waals surface area (Å²) in [5.74, 6) is -0.421. The standard InChI is InChI=1S/C25H21Cl2N3O2/c1-30(15-22(31)29-23-19(26)11-7-12-20(23)27)24(16-8-3-2-4-9-16)25(32)18-14-28-21-13-6-5-10-17(18)21/h2-14,24,28H,15H2,1H3,(H,29,31). The highest BCUT2D eigenvalue weighted by Crippen LogP contribution is 2.31. The number of ketones is 1. The fraction of sp³-hybridized carbons (Fsp3) is 0.120. The number of anilines is 1. The highest BCUT2D eigenvalue weighted by atomic mass is 35.5. The molecule has 162 valence electrons. The minimum Gasteiger partial charge on any atom is -0.360 e. The molecule has 3 aromatic carbocycles. The van der Waals surface area contributed by atoms with Gasteiger partial charge >= 0.3 is 0 Å². The zero-order chi connectivity index (χ0) is 22.7. The van der Waals surface area contributed by atoms with Gasteiger partial charge < -0.3 is 10.3 Å². The minimum atomic E-state index is -0.650. The molecule has 32 heavy (non-hydrogen) atoms. The molecule has 1 unspecified atom stereocenters. The molecule has 0 spiro atoms. The topological polar surface area (TPSA) is 65.2 Å². The summed E-state index contributed by atoms with van der Waals surface area (Å²) >= 11 is 12.3. The average Bonchev–Trinajstić information content (AvgIpc) is 3.21. The maximum absolute atomic E-state index is 13.7. The van der Waals surface area contributed by atoms with Crippen molar-refractivity contribution in [3.63, 3.8) is 0 Å². The van der Waals surface area contributed by atoms with E-state index in [2.05, 4.69) is 10.3 Å². The normalized spacial score (nSPS) is 12.1. The molecule has 1 heterocycles. The number of nitrogens with zero attached hydrogens (tertiary/aromatic N) is 1. The van der Waals surface area contributed by atoms with E-state index in [1.165, 1.54) is 0 Å². The average molecular weight is 466 g/mol. The van der Waals surface area contributed by atoms with Gasteiger partial charge in [-0.2, -0.15) is 0 Å². The molecular weight excluding hydrogens is 445 g/mol. The van der Waals surface area contributed by atoms with Crippen molar-refractivity contribution in [1.82, 2.24) is 9.88 Å². The number of para-hydroxylation sites is 2. The summed E-state index contributed by atoms with van der Waals surface area (Å²) in [6.45, 7) is -0.0325. The molecular formula is C25H21Cl2N3O2. The van der Waals surface area contributed by atoms with Crippen molar-refractivity contribution in [1.29, 1.82) is 0 Å². The maximum Gasteiger partial charge on any atom is 0.238 e. The van der Waals surface area contributed by atoms with E-state index in [1.807, 2.05) is 54.6 Å². The van der Waals surface area contributed by atoms with Crippen LogP contribution in [0.3, 0.4) is 0 Å². The molecule has 0 bridgehead atoms. The number of aromatic nitrogens is 1. The third-order valence-electron chi connectivity index (χ3n) is 5.28. The first-order chi connectivity index (χ1) is 15.5. The molecule has 0 aliphatic rings. The number of fused-ring (bicyclic) bond motifs is 1. The minimum absolute atomic E-state index is 0.0325. The SMILES string of the molecule is CN(CC(=O)Nc1c(Cl)cccc1Cl)C(C(=O)c1c[nH]c2ccccc12)c1ccccc1. The van der Waals surface area contributed by atoms with Crippen molar-refractivity contribution >= 4 is 51.5 Å². The van der Waals surface area contributed by atoms with E-state index in [1.54, 1.807) is 36.3 Å². The molecule has 0 radical (unpaired) electrons. The fourth-order valence-corrected chi connectivity index (χ4v) is 4.27. The van der Waals surface area contributed by atoms with Crippen LogP contribution >= 0.6 is 23.2 Å². The Hall–Kier alpha value is -3.12. The predicted molar refractivity (Wildman–Crippen MR) is 130 cm³/mol. The highest BCUT2D eigenvalue weighted by Gasteiger charge is 2.29. The van der Waals surface area contributed by atoms with Crippen LogP contribution in [-0.4, -0.2) is 35.2 Å². The first kappa shape index (κ1) is 22.1. The number of benzene rings is 3. The number of amides is 1. The van der Waals surface area contributed by atoms with Crippen LogP contribution in [0.25, 0.3) is 10.9 Å². The Morgan fingerprint density at radius 2 is 1.59 bits per heavy atom. The Labute approximate surface area is 196 Å². The van der Waals surface area contributed by atoms with Gasteiger partial charge in [0.25, 0.3) is 0 Å². The Morgan fingerprint density at radius 3 is 2.31 bits per heavy atom. The number of Topliss-reactive ketones (excluding diaryl/α,β-unsaturated/α-hetero) is 1. The molecule has 4 rings (SSSR count). The summed E-state index contributed by atoms with van der Waals surface area (Å²) in [5.41, 5.74) is 2.62. The van der Waals surface area contributed by atoms with Gasteiger partial charge in [-0.25, -0.2) is 0 Å². The summed E-state index contributed by atoms with van der Waals surface area (Å²) in [7, 11) is 1.75. The molecule has 0 saturated heterocycles. The first-order valence-electron chi connectivity index (χ1n) is 10.0. The molecule has 1 atom stereocenters. The Kier molecular flexibility index (Phi) is 6.61. The lowest BCUT2D eigenvalue weighted by Crippen LogP contribution is -2.37. The third kappa shape index (κ3) is 4.55. The molecule has 1 amide bonds. The van der Waals surface area contributed by atoms with Crippen molar-refractivity contribution in [2.24, 2.45) is 0 Å². The molecule has 4 aromatic rings. The maximum atomic E-state index is 13.7. The number of halogens is 2. The molecule has 0 aliphatic heterocycles. The van der Waals surface area contributed by atoms with Crippen molar-refractivity contribution in [3.05, 3.63) is 100 Å². The molecule has 7 heteroatoms. The third-order valence-corrected chi connectivity index (χ3v) is 5.91. The number of carbonyl (C=O) groups excluding carboxylic acids is 2. The lowest BCUT2D eigenvalue weighted by Gasteiger charge is -2.27. The molecule has 2 N–H and O–H groups in total. The number of nitrogens with one attached hydrogen (secondary N) is 2. The lowest BCUT2D eigenvalue weighted by atomic mass is 9.96. The van der Waals surface area contributed by atoms with Crippen molar-refractivity contribution < 1.29 is 9.59 Å². The highest BCUT2D eigenvalue weighted by molar-refractivity contribution is 6.39. The quantitative estimate of drug-likeness (QED) is 0.330. The number of likely N-dealkylation sites (N-methyl/N-ethyl adjacent to an activating group) is 1. The van der Waals surface area contributed by atoms with Crippen LogP contribution in [0.15, 0.2) is 79.0 Å². The summed E-state index contributed by atoms with van der Waals surface area (Å²) in [6.07, 6.45) is 1.72. The van der Waals surface area contributed by atoms with E-state index >= 15 is 0 Å². The second kappa shape index (κ2) is 9.57. The van der Waals surface area contributed by atoms with Gasteiger partial charge in [-0.05, 0) is 30.8 Å². The number of rotatable bonds is 7. The number of hydrogen-bond donors (Lipinski definition) is 2. The van der Waals surface area contributed by atoms with Gasteiger partial charge in [0.1, 0.15) is 0 Å². The van der Waals surface area contributed by atoms with Gasteiger partial charge in [0.05, 0.1) is 28.3 Å². The molecule has 0 fully saturated rings. The first-order valence-corrected chi connectivity index (χ1v) is 10.8. The second-order valence-electron chi connectivity index (χ2n) is 7.49. The van der Waals surface area contributed by atoms with Crippen LogP contribution in [-0.2, 0) is 4.79 Å². The van der Waals surface area contributed by atoms with E-state index in [0.29, 0.717) is 21.3 Å². The fourth-order valence-electron chi connectivity index (χ4n) is 3.78. The molecule has 1 aromatic heterocycles. The van der Waals surface area contributed by atoms with E-state index < -0.39 is 6.04 Å². The predicted octanol–water partition coefficient (Wildman–Crippen LogP) is 5.97. The molecule has 0 aliphatic carbocycles. The van der Waals surface area contributed by atoms with Gasteiger partial charge in [0.15, 0.2) is 5.78 Å². The summed E-state index contributed by atoms with van der Waals surface area (Å²) in [4.78, 5) is 31.3. The number of carbonyl (C=O) groups is 2. The van der Waals surface area contributed by atoms with Crippen LogP contribution < -0.4 is 5.32 Å². The van der Waals surface area contributed by atoms with Crippen molar-refractivity contribution in [3.8, 4) is 0 Å². The number of hydrogen-bond acceptors (Lipinski definition) is 3. The van der Waals surface area contributed by atoms with Crippen LogP contribution in [0, 0.1) is 0 Å². The van der Waals surface area contributed by atoms with Crippen molar-refractivity contribution in [2.75, 3.05) is 18.9 Å². The van der Waals surface area contributed by atoms with Gasteiger partial charge in [-0.15, -0.1) is 0 Å². The van der Waals surface area contributed by atoms with Crippen LogP contribution in [0.2, 0.25) is 10.0 Å². The Bertz CT molecular complexity index is 1250. The number of aromatic amines is 1. The van der Waals surface area contributed by atoms with E-state index in [4.69, 9.17) is 23.2 Å². The van der Waals surface area contributed by atoms with Crippen LogP contribution in [0.1, 0.15) is 22.0 Å². The van der Waals surface area contributed by atoms with Gasteiger partial charge in [0.2, 0.25) is 5.91 Å². The van der Waals surface area contributed by atoms with Crippen LogP contribution in [0.4, 0.5) is 5.69 Å². The monoisotopic (exact) mass is 465 g/mol. The summed E-state index contributed by atoms with van der Waals surface area (Å²) < 4.78 is 0. The lowest BCUT2D eigenvalue weighted by molar-refractivity contribution is -0.117. The van der Waals surface area contributed by atoms with E-state index in [-0.39, 0.29) is 18.2 Å². The van der Waals surface area contributed by atoms with Gasteiger partial charge in [0, 0.05) is 22.7 Å². The summed E-state index contributed by atoms with van der Waals surface area (Å²) in [6, 6.07) is 21.4. The largest absolute Gasteiger partial charge is 0.360 e. The Morgan fingerprint density at radius 1 is 0.938 bits per heavy atom. The number of H-pyrrole nitrogens is 1. The Balaban J connectivity index is 1.62. The molecule has 0 saturated carbocycles. The summed E-state index contributed by atoms with van der Waals surface area (Å²) in [5, 5.41) is 4.30.